The molecule has 5 nitrogen and oxygen atoms in total. The second-order valence-electron chi connectivity index (χ2n) is 3.87. The topological polar surface area (TPSA) is 65.0 Å². The molecule has 0 aromatic carbocycles. The van der Waals surface area contributed by atoms with Crippen molar-refractivity contribution in [2.75, 3.05) is 20.3 Å². The fraction of sp³-hybridized carbons (Fsp3) is 0.786. The van der Waals surface area contributed by atoms with Gasteiger partial charge in [-0.3, -0.25) is 4.79 Å². The normalized spacial score (nSPS) is 11.8. The molecule has 0 spiro atoms. The highest BCUT2D eigenvalue weighted by molar-refractivity contribution is 5.68. The Kier molecular flexibility index (Phi) is 11.3. The van der Waals surface area contributed by atoms with Gasteiger partial charge in [0.05, 0.1) is 7.11 Å². The maximum absolute atomic E-state index is 10.9. The lowest BCUT2D eigenvalue weighted by Crippen LogP contribution is -2.16. The van der Waals surface area contributed by atoms with Gasteiger partial charge >= 0.3 is 5.97 Å². The summed E-state index contributed by atoms with van der Waals surface area (Å²) < 4.78 is 15.0. The van der Waals surface area contributed by atoms with Crippen LogP contribution in [0.1, 0.15) is 39.5 Å². The Hall–Kier alpha value is -1.09. The molecule has 1 N–H and O–H groups in total. The van der Waals surface area contributed by atoms with Gasteiger partial charge in [-0.2, -0.15) is 0 Å². The van der Waals surface area contributed by atoms with Gasteiger partial charge in [0, 0.05) is 19.6 Å². The van der Waals surface area contributed by atoms with Gasteiger partial charge in [0.25, 0.3) is 0 Å². The fourth-order valence-corrected chi connectivity index (χ4v) is 1.38. The summed E-state index contributed by atoms with van der Waals surface area (Å²) in [5, 5.41) is 9.66. The number of hydrogen-bond acceptors (Lipinski definition) is 5. The van der Waals surface area contributed by atoms with Crippen LogP contribution >= 0.6 is 0 Å². The SMILES string of the molecule is CCOC(C#CC(O)CCCCC(=O)OC)OCC. The quantitative estimate of drug-likeness (QED) is 0.298. The second-order valence-corrected chi connectivity index (χ2v) is 3.87. The lowest BCUT2D eigenvalue weighted by atomic mass is 10.1. The molecule has 0 heterocycles. The number of aliphatic hydroxyl groups excluding tert-OH is 1. The molecule has 0 aliphatic heterocycles. The maximum atomic E-state index is 10.9. The summed E-state index contributed by atoms with van der Waals surface area (Å²) in [6.07, 6.45) is 0.998. The summed E-state index contributed by atoms with van der Waals surface area (Å²) in [6, 6.07) is 0. The first kappa shape index (κ1) is 17.9. The van der Waals surface area contributed by atoms with Gasteiger partial charge in [0.15, 0.2) is 0 Å². The Balaban J connectivity index is 3.88. The molecule has 110 valence electrons. The van der Waals surface area contributed by atoms with Crippen LogP contribution in [0.4, 0.5) is 0 Å². The van der Waals surface area contributed by atoms with Crippen LogP contribution in [0.2, 0.25) is 0 Å². The minimum absolute atomic E-state index is 0.228. The van der Waals surface area contributed by atoms with Crippen molar-refractivity contribution in [3.63, 3.8) is 0 Å². The van der Waals surface area contributed by atoms with Crippen LogP contribution in [-0.2, 0) is 19.0 Å². The molecule has 1 unspecified atom stereocenters. The third-order valence-electron chi connectivity index (χ3n) is 2.34. The van der Waals surface area contributed by atoms with E-state index in [0.717, 1.165) is 6.42 Å². The van der Waals surface area contributed by atoms with E-state index >= 15 is 0 Å². The number of unbranched alkanes of at least 4 members (excludes halogenated alkanes) is 1. The van der Waals surface area contributed by atoms with Gasteiger partial charge in [-0.1, -0.05) is 5.92 Å². The molecule has 0 amide bonds. The summed E-state index contributed by atoms with van der Waals surface area (Å²) >= 11 is 0. The Morgan fingerprint density at radius 1 is 1.16 bits per heavy atom. The van der Waals surface area contributed by atoms with E-state index in [-0.39, 0.29) is 5.97 Å². The van der Waals surface area contributed by atoms with Crippen LogP contribution in [0.3, 0.4) is 0 Å². The van der Waals surface area contributed by atoms with Crippen LogP contribution in [0.15, 0.2) is 0 Å². The molecule has 0 aromatic rings. The van der Waals surface area contributed by atoms with Crippen molar-refractivity contribution >= 4 is 5.97 Å². The molecule has 0 radical (unpaired) electrons. The van der Waals surface area contributed by atoms with Gasteiger partial charge in [-0.25, -0.2) is 0 Å². The van der Waals surface area contributed by atoms with Crippen molar-refractivity contribution in [3.8, 4) is 11.8 Å². The predicted octanol–water partition coefficient (Wildman–Crippen LogP) is 1.48. The molecular formula is C14H24O5. The summed E-state index contributed by atoms with van der Waals surface area (Å²) in [7, 11) is 1.37. The van der Waals surface area contributed by atoms with E-state index in [2.05, 4.69) is 16.6 Å². The second kappa shape index (κ2) is 12.0. The standard InChI is InChI=1S/C14H24O5/c1-4-18-14(19-5-2)11-10-12(15)8-6-7-9-13(16)17-3/h12,14-15H,4-9H2,1-3H3. The molecule has 0 aromatic heterocycles. The number of carbonyl (C=O) groups is 1. The van der Waals surface area contributed by atoms with Gasteiger partial charge in [-0.15, -0.1) is 0 Å². The molecule has 0 saturated heterocycles. The van der Waals surface area contributed by atoms with Crippen LogP contribution in [0.5, 0.6) is 0 Å². The van der Waals surface area contributed by atoms with Gasteiger partial charge in [0.2, 0.25) is 6.29 Å². The first-order chi connectivity index (χ1) is 9.13. The van der Waals surface area contributed by atoms with Crippen molar-refractivity contribution in [1.82, 2.24) is 0 Å². The van der Waals surface area contributed by atoms with Gasteiger partial charge < -0.3 is 19.3 Å². The van der Waals surface area contributed by atoms with Gasteiger partial charge in [0.1, 0.15) is 6.10 Å². The first-order valence-corrected chi connectivity index (χ1v) is 6.63. The molecule has 0 aliphatic carbocycles. The Bertz CT molecular complexity index is 286. The number of rotatable bonds is 9. The molecule has 0 bridgehead atoms. The largest absolute Gasteiger partial charge is 0.469 e. The van der Waals surface area contributed by atoms with Crippen molar-refractivity contribution in [2.45, 2.75) is 51.9 Å². The summed E-state index contributed by atoms with van der Waals surface area (Å²) in [5.74, 6) is 5.21. The third-order valence-corrected chi connectivity index (χ3v) is 2.34. The Morgan fingerprint density at radius 2 is 1.79 bits per heavy atom. The molecule has 0 fully saturated rings. The number of ether oxygens (including phenoxy) is 3. The molecule has 0 saturated carbocycles. The average molecular weight is 272 g/mol. The molecule has 0 aliphatic rings. The van der Waals surface area contributed by atoms with Crippen LogP contribution in [0.25, 0.3) is 0 Å². The first-order valence-electron chi connectivity index (χ1n) is 6.63. The monoisotopic (exact) mass is 272 g/mol. The highest BCUT2D eigenvalue weighted by atomic mass is 16.7. The van der Waals surface area contributed by atoms with Crippen LogP contribution in [0, 0.1) is 11.8 Å². The predicted molar refractivity (Wildman–Crippen MR) is 71.3 cm³/mol. The maximum Gasteiger partial charge on any atom is 0.305 e. The summed E-state index contributed by atoms with van der Waals surface area (Å²) in [5.41, 5.74) is 0. The zero-order chi connectivity index (χ0) is 14.5. The number of esters is 1. The Morgan fingerprint density at radius 3 is 2.32 bits per heavy atom. The van der Waals surface area contributed by atoms with Crippen molar-refractivity contribution in [1.29, 1.82) is 0 Å². The molecule has 5 heteroatoms. The van der Waals surface area contributed by atoms with Crippen molar-refractivity contribution in [2.24, 2.45) is 0 Å². The van der Waals surface area contributed by atoms with Gasteiger partial charge in [-0.05, 0) is 39.0 Å². The van der Waals surface area contributed by atoms with E-state index in [1.807, 2.05) is 13.8 Å². The summed E-state index contributed by atoms with van der Waals surface area (Å²) in [6.45, 7) is 4.73. The number of hydrogen-bond donors (Lipinski definition) is 1. The van der Waals surface area contributed by atoms with E-state index in [1.165, 1.54) is 7.11 Å². The minimum atomic E-state index is -0.721. The zero-order valence-corrected chi connectivity index (χ0v) is 12.0. The third kappa shape index (κ3) is 10.5. The van der Waals surface area contributed by atoms with Crippen LogP contribution < -0.4 is 0 Å². The molecule has 0 rings (SSSR count). The average Bonchev–Trinajstić information content (AvgIpc) is 2.41. The fourth-order valence-electron chi connectivity index (χ4n) is 1.38. The summed E-state index contributed by atoms with van der Waals surface area (Å²) in [4.78, 5) is 10.9. The van der Waals surface area contributed by atoms with E-state index in [0.29, 0.717) is 32.5 Å². The zero-order valence-electron chi connectivity index (χ0n) is 12.0. The Labute approximate surface area is 115 Å². The number of aliphatic hydroxyl groups is 1. The van der Waals surface area contributed by atoms with E-state index < -0.39 is 12.4 Å². The van der Waals surface area contributed by atoms with Crippen molar-refractivity contribution < 1.29 is 24.1 Å². The number of carbonyl (C=O) groups excluding carboxylic acids is 1. The van der Waals surface area contributed by atoms with E-state index in [1.54, 1.807) is 0 Å². The smallest absolute Gasteiger partial charge is 0.305 e. The minimum Gasteiger partial charge on any atom is -0.469 e. The van der Waals surface area contributed by atoms with Crippen molar-refractivity contribution in [3.05, 3.63) is 0 Å². The van der Waals surface area contributed by atoms with E-state index in [4.69, 9.17) is 9.47 Å². The highest BCUT2D eigenvalue weighted by Crippen LogP contribution is 2.04. The number of methoxy groups -OCH3 is 1. The lowest BCUT2D eigenvalue weighted by Gasteiger charge is -2.10. The van der Waals surface area contributed by atoms with E-state index in [9.17, 15) is 9.90 Å². The lowest BCUT2D eigenvalue weighted by molar-refractivity contribution is -0.140. The van der Waals surface area contributed by atoms with Crippen LogP contribution in [-0.4, -0.2) is 43.8 Å². The molecule has 19 heavy (non-hydrogen) atoms. The molecular weight excluding hydrogens is 248 g/mol. The molecule has 1 atom stereocenters. The highest BCUT2D eigenvalue weighted by Gasteiger charge is 2.05.